The van der Waals surface area contributed by atoms with E-state index in [-0.39, 0.29) is 12.4 Å². The fourth-order valence-corrected chi connectivity index (χ4v) is 3.23. The predicted molar refractivity (Wildman–Crippen MR) is 119 cm³/mol. The fraction of sp³-hybridized carbons (Fsp3) is 0.480. The number of carbonyl (C=O) groups excluding carboxylic acids is 1. The normalized spacial score (nSPS) is 11.9. The molecule has 0 aliphatic heterocycles. The number of ketones is 1. The highest BCUT2D eigenvalue weighted by Gasteiger charge is 2.13. The number of aliphatic hydroxyl groups is 1. The van der Waals surface area contributed by atoms with E-state index >= 15 is 0 Å². The lowest BCUT2D eigenvalue weighted by molar-refractivity contribution is 0.0950. The lowest BCUT2D eigenvalue weighted by Gasteiger charge is -2.15. The summed E-state index contributed by atoms with van der Waals surface area (Å²) in [5.74, 6) is 0.605. The van der Waals surface area contributed by atoms with E-state index in [2.05, 4.69) is 12.2 Å². The van der Waals surface area contributed by atoms with Crippen molar-refractivity contribution in [2.24, 2.45) is 0 Å². The summed E-state index contributed by atoms with van der Waals surface area (Å²) >= 11 is 0. The van der Waals surface area contributed by atoms with Gasteiger partial charge in [0.1, 0.15) is 18.5 Å². The van der Waals surface area contributed by atoms with E-state index in [1.54, 1.807) is 12.1 Å². The van der Waals surface area contributed by atoms with Crippen LogP contribution in [0.2, 0.25) is 0 Å². The summed E-state index contributed by atoms with van der Waals surface area (Å²) < 4.78 is 5.77. The van der Waals surface area contributed by atoms with Crippen LogP contribution in [0.3, 0.4) is 0 Å². The average molecular weight is 398 g/mol. The highest BCUT2D eigenvalue weighted by Crippen LogP contribution is 2.21. The molecule has 0 spiro atoms. The molecule has 158 valence electrons. The Labute approximate surface area is 175 Å². The molecule has 0 radical (unpaired) electrons. The van der Waals surface area contributed by atoms with Gasteiger partial charge in [0.2, 0.25) is 0 Å². The van der Waals surface area contributed by atoms with Crippen LogP contribution in [0.15, 0.2) is 54.6 Å². The first-order chi connectivity index (χ1) is 14.2. The van der Waals surface area contributed by atoms with E-state index in [1.165, 1.54) is 25.7 Å². The Morgan fingerprint density at radius 3 is 2.52 bits per heavy atom. The van der Waals surface area contributed by atoms with Crippen LogP contribution < -0.4 is 10.1 Å². The number of nitrogens with one attached hydrogen (secondary N) is 1. The molecule has 2 aromatic carbocycles. The summed E-state index contributed by atoms with van der Waals surface area (Å²) in [5, 5.41) is 13.4. The molecule has 0 amide bonds. The van der Waals surface area contributed by atoms with Crippen molar-refractivity contribution in [2.75, 3.05) is 19.7 Å². The van der Waals surface area contributed by atoms with Crippen molar-refractivity contribution in [1.29, 1.82) is 0 Å². The Hall–Kier alpha value is -2.17. The number of rotatable bonds is 15. The Kier molecular flexibility index (Phi) is 11.1. The summed E-state index contributed by atoms with van der Waals surface area (Å²) in [6, 6.07) is 17.3. The standard InChI is InChI=1S/C25H35NO3/c1-2-3-4-5-11-18-26-19-22(27)20-29-25-15-10-9-14-23(25)24(28)17-16-21-12-7-6-8-13-21/h6-10,12-15,22,26-27H,2-5,11,16-20H2,1H3. The smallest absolute Gasteiger partial charge is 0.166 e. The highest BCUT2D eigenvalue weighted by molar-refractivity contribution is 5.98. The van der Waals surface area contributed by atoms with Gasteiger partial charge in [0.05, 0.1) is 5.56 Å². The van der Waals surface area contributed by atoms with Gasteiger partial charge < -0.3 is 15.2 Å². The number of ether oxygens (including phenoxy) is 1. The molecule has 0 saturated heterocycles. The van der Waals surface area contributed by atoms with Gasteiger partial charge in [-0.1, -0.05) is 75.1 Å². The third kappa shape index (κ3) is 9.25. The van der Waals surface area contributed by atoms with Crippen molar-refractivity contribution in [3.8, 4) is 5.75 Å². The molecule has 4 nitrogen and oxygen atoms in total. The van der Waals surface area contributed by atoms with Crippen molar-refractivity contribution in [2.45, 2.75) is 58.0 Å². The Bertz CT molecular complexity index is 702. The van der Waals surface area contributed by atoms with Gasteiger partial charge in [0, 0.05) is 13.0 Å². The first-order valence-corrected chi connectivity index (χ1v) is 10.9. The van der Waals surface area contributed by atoms with Crippen LogP contribution in [0.4, 0.5) is 0 Å². The van der Waals surface area contributed by atoms with E-state index in [9.17, 15) is 9.90 Å². The molecule has 1 unspecified atom stereocenters. The number of benzene rings is 2. The number of carbonyl (C=O) groups is 1. The summed E-state index contributed by atoms with van der Waals surface area (Å²) in [6.07, 6.45) is 6.72. The first kappa shape index (κ1) is 23.1. The van der Waals surface area contributed by atoms with Gasteiger partial charge in [0.15, 0.2) is 5.78 Å². The molecule has 2 aromatic rings. The van der Waals surface area contributed by atoms with Crippen molar-refractivity contribution in [3.05, 3.63) is 65.7 Å². The zero-order valence-corrected chi connectivity index (χ0v) is 17.6. The van der Waals surface area contributed by atoms with Gasteiger partial charge in [-0.3, -0.25) is 4.79 Å². The first-order valence-electron chi connectivity index (χ1n) is 10.9. The number of aryl methyl sites for hydroxylation is 1. The summed E-state index contributed by atoms with van der Waals surface area (Å²) in [6.45, 7) is 3.79. The third-order valence-electron chi connectivity index (χ3n) is 4.94. The van der Waals surface area contributed by atoms with Gasteiger partial charge in [-0.05, 0) is 37.1 Å². The monoisotopic (exact) mass is 397 g/mol. The molecule has 0 fully saturated rings. The van der Waals surface area contributed by atoms with E-state index in [0.29, 0.717) is 30.7 Å². The third-order valence-corrected chi connectivity index (χ3v) is 4.94. The largest absolute Gasteiger partial charge is 0.490 e. The topological polar surface area (TPSA) is 58.6 Å². The van der Waals surface area contributed by atoms with E-state index in [4.69, 9.17) is 4.74 Å². The Balaban J connectivity index is 1.73. The van der Waals surface area contributed by atoms with Crippen LogP contribution in [-0.4, -0.2) is 36.7 Å². The molecule has 0 aromatic heterocycles. The summed E-state index contributed by atoms with van der Waals surface area (Å²) in [7, 11) is 0. The molecular formula is C25H35NO3. The average Bonchev–Trinajstić information content (AvgIpc) is 2.76. The van der Waals surface area contributed by atoms with E-state index in [0.717, 1.165) is 18.5 Å². The Morgan fingerprint density at radius 2 is 1.72 bits per heavy atom. The maximum Gasteiger partial charge on any atom is 0.166 e. The minimum Gasteiger partial charge on any atom is -0.490 e. The number of aliphatic hydroxyl groups excluding tert-OH is 1. The lowest BCUT2D eigenvalue weighted by Crippen LogP contribution is -2.32. The molecule has 0 heterocycles. The van der Waals surface area contributed by atoms with Crippen LogP contribution in [-0.2, 0) is 6.42 Å². The van der Waals surface area contributed by atoms with Gasteiger partial charge in [-0.2, -0.15) is 0 Å². The van der Waals surface area contributed by atoms with Crippen LogP contribution in [0.25, 0.3) is 0 Å². The molecular weight excluding hydrogens is 362 g/mol. The number of hydrogen-bond acceptors (Lipinski definition) is 4. The van der Waals surface area contributed by atoms with Crippen LogP contribution >= 0.6 is 0 Å². The quantitative estimate of drug-likeness (QED) is 0.335. The van der Waals surface area contributed by atoms with Gasteiger partial charge in [-0.25, -0.2) is 0 Å². The number of unbranched alkanes of at least 4 members (excludes halogenated alkanes) is 4. The summed E-state index contributed by atoms with van der Waals surface area (Å²) in [5.41, 5.74) is 1.73. The number of Topliss-reactive ketones (excluding diaryl/α,β-unsaturated/α-hetero) is 1. The molecule has 2 rings (SSSR count). The molecule has 0 bridgehead atoms. The Morgan fingerprint density at radius 1 is 1.00 bits per heavy atom. The van der Waals surface area contributed by atoms with E-state index in [1.807, 2.05) is 42.5 Å². The second-order valence-corrected chi connectivity index (χ2v) is 7.49. The molecule has 4 heteroatoms. The van der Waals surface area contributed by atoms with Crippen molar-refractivity contribution in [1.82, 2.24) is 5.32 Å². The zero-order chi connectivity index (χ0) is 20.7. The molecule has 0 aliphatic rings. The second kappa shape index (κ2) is 13.9. The lowest BCUT2D eigenvalue weighted by atomic mass is 10.0. The SMILES string of the molecule is CCCCCCCNCC(O)COc1ccccc1C(=O)CCc1ccccc1. The maximum atomic E-state index is 12.6. The van der Waals surface area contributed by atoms with Gasteiger partial charge in [0.25, 0.3) is 0 Å². The number of hydrogen-bond donors (Lipinski definition) is 2. The molecule has 1 atom stereocenters. The minimum atomic E-state index is -0.599. The highest BCUT2D eigenvalue weighted by atomic mass is 16.5. The molecule has 2 N–H and O–H groups in total. The van der Waals surface area contributed by atoms with Crippen LogP contribution in [0, 0.1) is 0 Å². The van der Waals surface area contributed by atoms with Crippen LogP contribution in [0.5, 0.6) is 5.75 Å². The zero-order valence-electron chi connectivity index (χ0n) is 17.6. The molecule has 29 heavy (non-hydrogen) atoms. The molecule has 0 aliphatic carbocycles. The van der Waals surface area contributed by atoms with Crippen LogP contribution in [0.1, 0.15) is 61.4 Å². The number of para-hydroxylation sites is 1. The van der Waals surface area contributed by atoms with Crippen molar-refractivity contribution in [3.63, 3.8) is 0 Å². The van der Waals surface area contributed by atoms with Gasteiger partial charge >= 0.3 is 0 Å². The minimum absolute atomic E-state index is 0.0594. The summed E-state index contributed by atoms with van der Waals surface area (Å²) in [4.78, 5) is 12.6. The van der Waals surface area contributed by atoms with Gasteiger partial charge in [-0.15, -0.1) is 0 Å². The second-order valence-electron chi connectivity index (χ2n) is 7.49. The van der Waals surface area contributed by atoms with Crippen molar-refractivity contribution >= 4 is 5.78 Å². The van der Waals surface area contributed by atoms with E-state index < -0.39 is 6.10 Å². The maximum absolute atomic E-state index is 12.6. The fourth-order valence-electron chi connectivity index (χ4n) is 3.23. The molecule has 0 saturated carbocycles. The predicted octanol–water partition coefficient (Wildman–Crippen LogP) is 4.80. The van der Waals surface area contributed by atoms with Crippen molar-refractivity contribution < 1.29 is 14.6 Å².